The molecule has 3 heteroatoms. The number of rotatable bonds is 5. The predicted octanol–water partition coefficient (Wildman–Crippen LogP) is 2.99. The molecule has 0 N–H and O–H groups in total. The molecule has 2 rings (SSSR count). The van der Waals surface area contributed by atoms with Gasteiger partial charge in [-0.05, 0) is 38.1 Å². The SMILES string of the molecule is CCN(CC)CCc1c(C)c2ccccc2oc1=O. The summed E-state index contributed by atoms with van der Waals surface area (Å²) in [5.41, 5.74) is 2.35. The van der Waals surface area contributed by atoms with Gasteiger partial charge in [-0.1, -0.05) is 32.0 Å². The molecule has 1 heterocycles. The lowest BCUT2D eigenvalue weighted by atomic mass is 10.0. The minimum atomic E-state index is -0.191. The molecule has 102 valence electrons. The van der Waals surface area contributed by atoms with E-state index in [4.69, 9.17) is 4.42 Å². The van der Waals surface area contributed by atoms with Gasteiger partial charge < -0.3 is 9.32 Å². The summed E-state index contributed by atoms with van der Waals surface area (Å²) < 4.78 is 5.40. The monoisotopic (exact) mass is 259 g/mol. The zero-order valence-electron chi connectivity index (χ0n) is 11.9. The number of likely N-dealkylation sites (N-methyl/N-ethyl adjacent to an activating group) is 1. The third-order valence-corrected chi connectivity index (χ3v) is 3.77. The van der Waals surface area contributed by atoms with Crippen LogP contribution in [0.15, 0.2) is 33.5 Å². The molecular weight excluding hydrogens is 238 g/mol. The maximum atomic E-state index is 12.1. The Labute approximate surface area is 113 Å². The zero-order valence-corrected chi connectivity index (χ0v) is 11.9. The second kappa shape index (κ2) is 6.02. The average Bonchev–Trinajstić information content (AvgIpc) is 2.43. The zero-order chi connectivity index (χ0) is 13.8. The molecule has 0 spiro atoms. The Morgan fingerprint density at radius 3 is 2.53 bits per heavy atom. The molecule has 0 radical (unpaired) electrons. The van der Waals surface area contributed by atoms with E-state index in [1.807, 2.05) is 31.2 Å². The summed E-state index contributed by atoms with van der Waals surface area (Å²) in [6.07, 6.45) is 0.751. The minimum absolute atomic E-state index is 0.191. The number of hydrogen-bond acceptors (Lipinski definition) is 3. The van der Waals surface area contributed by atoms with Crippen molar-refractivity contribution < 1.29 is 4.42 Å². The van der Waals surface area contributed by atoms with Crippen molar-refractivity contribution in [3.05, 3.63) is 45.8 Å². The summed E-state index contributed by atoms with van der Waals surface area (Å²) >= 11 is 0. The van der Waals surface area contributed by atoms with E-state index in [2.05, 4.69) is 18.7 Å². The van der Waals surface area contributed by atoms with Crippen LogP contribution >= 0.6 is 0 Å². The van der Waals surface area contributed by atoms with Crippen LogP contribution in [0.25, 0.3) is 11.0 Å². The average molecular weight is 259 g/mol. The predicted molar refractivity (Wildman–Crippen MR) is 78.7 cm³/mol. The van der Waals surface area contributed by atoms with Crippen molar-refractivity contribution in [2.75, 3.05) is 19.6 Å². The molecule has 0 aliphatic carbocycles. The van der Waals surface area contributed by atoms with Crippen molar-refractivity contribution in [2.24, 2.45) is 0 Å². The van der Waals surface area contributed by atoms with E-state index in [1.165, 1.54) is 0 Å². The number of hydrogen-bond donors (Lipinski definition) is 0. The Hall–Kier alpha value is -1.61. The highest BCUT2D eigenvalue weighted by molar-refractivity contribution is 5.80. The standard InChI is InChI=1S/C16H21NO2/c1-4-17(5-2)11-10-14-12(3)13-8-6-7-9-15(13)19-16(14)18/h6-9H,4-5,10-11H2,1-3H3. The van der Waals surface area contributed by atoms with Gasteiger partial charge in [0, 0.05) is 17.5 Å². The molecule has 1 aromatic heterocycles. The maximum absolute atomic E-state index is 12.1. The van der Waals surface area contributed by atoms with Gasteiger partial charge in [-0.3, -0.25) is 0 Å². The normalized spacial score (nSPS) is 11.4. The number of fused-ring (bicyclic) bond motifs is 1. The molecule has 0 atom stereocenters. The van der Waals surface area contributed by atoms with Gasteiger partial charge in [0.25, 0.3) is 0 Å². The van der Waals surface area contributed by atoms with Gasteiger partial charge in [0.1, 0.15) is 5.58 Å². The van der Waals surface area contributed by atoms with Crippen LogP contribution in [0.1, 0.15) is 25.0 Å². The molecule has 19 heavy (non-hydrogen) atoms. The number of nitrogens with zero attached hydrogens (tertiary/aromatic N) is 1. The van der Waals surface area contributed by atoms with Gasteiger partial charge in [-0.15, -0.1) is 0 Å². The van der Waals surface area contributed by atoms with E-state index < -0.39 is 0 Å². The molecule has 0 amide bonds. The Morgan fingerprint density at radius 1 is 1.16 bits per heavy atom. The quantitative estimate of drug-likeness (QED) is 0.774. The molecule has 1 aromatic carbocycles. The second-order valence-corrected chi connectivity index (χ2v) is 4.77. The summed E-state index contributed by atoms with van der Waals surface area (Å²) in [4.78, 5) is 14.4. The smallest absolute Gasteiger partial charge is 0.339 e. The molecule has 0 fully saturated rings. The van der Waals surface area contributed by atoms with E-state index in [-0.39, 0.29) is 5.63 Å². The lowest BCUT2D eigenvalue weighted by Crippen LogP contribution is -2.27. The van der Waals surface area contributed by atoms with Crippen LogP contribution in [0, 0.1) is 6.92 Å². The first-order chi connectivity index (χ1) is 9.17. The highest BCUT2D eigenvalue weighted by Crippen LogP contribution is 2.19. The maximum Gasteiger partial charge on any atom is 0.339 e. The van der Waals surface area contributed by atoms with Gasteiger partial charge >= 0.3 is 5.63 Å². The van der Waals surface area contributed by atoms with E-state index >= 15 is 0 Å². The van der Waals surface area contributed by atoms with Crippen molar-refractivity contribution in [3.63, 3.8) is 0 Å². The fourth-order valence-corrected chi connectivity index (χ4v) is 2.44. The van der Waals surface area contributed by atoms with Crippen molar-refractivity contribution >= 4 is 11.0 Å². The van der Waals surface area contributed by atoms with E-state index in [9.17, 15) is 4.79 Å². The van der Waals surface area contributed by atoms with Crippen LogP contribution in [0.5, 0.6) is 0 Å². The lowest BCUT2D eigenvalue weighted by molar-refractivity contribution is 0.306. The fraction of sp³-hybridized carbons (Fsp3) is 0.438. The minimum Gasteiger partial charge on any atom is -0.423 e. The van der Waals surface area contributed by atoms with Crippen molar-refractivity contribution in [1.29, 1.82) is 0 Å². The highest BCUT2D eigenvalue weighted by atomic mass is 16.4. The van der Waals surface area contributed by atoms with Crippen molar-refractivity contribution in [3.8, 4) is 0 Å². The molecule has 0 aliphatic rings. The molecule has 0 bridgehead atoms. The number of para-hydroxylation sites is 1. The Balaban J connectivity index is 2.35. The van der Waals surface area contributed by atoms with Crippen LogP contribution in [0.2, 0.25) is 0 Å². The topological polar surface area (TPSA) is 33.5 Å². The van der Waals surface area contributed by atoms with E-state index in [1.54, 1.807) is 0 Å². The summed E-state index contributed by atoms with van der Waals surface area (Å²) in [5.74, 6) is 0. The largest absolute Gasteiger partial charge is 0.423 e. The van der Waals surface area contributed by atoms with Gasteiger partial charge in [0.2, 0.25) is 0 Å². The lowest BCUT2D eigenvalue weighted by Gasteiger charge is -2.18. The molecule has 3 nitrogen and oxygen atoms in total. The number of aryl methyl sites for hydroxylation is 1. The van der Waals surface area contributed by atoms with Gasteiger partial charge in [0.05, 0.1) is 0 Å². The Morgan fingerprint density at radius 2 is 1.84 bits per heavy atom. The fourth-order valence-electron chi connectivity index (χ4n) is 2.44. The van der Waals surface area contributed by atoms with Crippen LogP contribution in [-0.2, 0) is 6.42 Å². The first-order valence-corrected chi connectivity index (χ1v) is 6.91. The summed E-state index contributed by atoms with van der Waals surface area (Å²) in [6.45, 7) is 9.20. The summed E-state index contributed by atoms with van der Waals surface area (Å²) in [6, 6.07) is 7.72. The van der Waals surface area contributed by atoms with Gasteiger partial charge in [-0.2, -0.15) is 0 Å². The van der Waals surface area contributed by atoms with Crippen LogP contribution in [0.3, 0.4) is 0 Å². The third-order valence-electron chi connectivity index (χ3n) is 3.77. The van der Waals surface area contributed by atoms with Crippen LogP contribution in [0.4, 0.5) is 0 Å². The summed E-state index contributed by atoms with van der Waals surface area (Å²) in [5, 5.41) is 1.04. The van der Waals surface area contributed by atoms with Crippen LogP contribution < -0.4 is 5.63 Å². The second-order valence-electron chi connectivity index (χ2n) is 4.77. The van der Waals surface area contributed by atoms with Gasteiger partial charge in [0.15, 0.2) is 0 Å². The highest BCUT2D eigenvalue weighted by Gasteiger charge is 2.11. The molecule has 0 unspecified atom stereocenters. The molecule has 0 saturated carbocycles. The molecular formula is C16H21NO2. The van der Waals surface area contributed by atoms with E-state index in [0.29, 0.717) is 5.58 Å². The Kier molecular flexibility index (Phi) is 4.38. The third kappa shape index (κ3) is 2.87. The van der Waals surface area contributed by atoms with Crippen molar-refractivity contribution in [2.45, 2.75) is 27.2 Å². The molecule has 0 aliphatic heterocycles. The summed E-state index contributed by atoms with van der Waals surface area (Å²) in [7, 11) is 0. The van der Waals surface area contributed by atoms with Gasteiger partial charge in [-0.25, -0.2) is 4.79 Å². The first-order valence-electron chi connectivity index (χ1n) is 6.91. The Bertz CT molecular complexity index is 612. The number of benzene rings is 1. The van der Waals surface area contributed by atoms with Crippen molar-refractivity contribution in [1.82, 2.24) is 4.90 Å². The molecule has 2 aromatic rings. The first kappa shape index (κ1) is 13.8. The van der Waals surface area contributed by atoms with E-state index in [0.717, 1.165) is 42.6 Å². The molecule has 0 saturated heterocycles. The van der Waals surface area contributed by atoms with Crippen LogP contribution in [-0.4, -0.2) is 24.5 Å².